The van der Waals surface area contributed by atoms with Gasteiger partial charge in [-0.1, -0.05) is 42.5 Å². The van der Waals surface area contributed by atoms with Crippen LogP contribution in [0.25, 0.3) is 0 Å². The number of thiocarbonyl (C=S) groups is 1. The molecule has 106 valence electrons. The second-order valence-electron chi connectivity index (χ2n) is 4.77. The zero-order chi connectivity index (χ0) is 14.4. The van der Waals surface area contributed by atoms with Crippen molar-refractivity contribution in [2.45, 2.75) is 32.2 Å². The molecule has 5 nitrogen and oxygen atoms in total. The fourth-order valence-corrected chi connectivity index (χ4v) is 2.33. The van der Waals surface area contributed by atoms with Gasteiger partial charge in [-0.15, -0.1) is 5.10 Å². The van der Waals surface area contributed by atoms with Crippen LogP contribution in [-0.4, -0.2) is 25.2 Å². The molecule has 2 aromatic rings. The summed E-state index contributed by atoms with van der Waals surface area (Å²) in [7, 11) is 1.85. The number of nitrogens with one attached hydrogen (secondary N) is 1. The highest BCUT2D eigenvalue weighted by molar-refractivity contribution is 7.80. The molecule has 0 aliphatic heterocycles. The summed E-state index contributed by atoms with van der Waals surface area (Å²) in [4.78, 5) is 0.886. The third-order valence-electron chi connectivity index (χ3n) is 3.19. The van der Waals surface area contributed by atoms with Gasteiger partial charge in [-0.05, 0) is 35.8 Å². The molecule has 0 aliphatic rings. The molecular weight excluding hydrogens is 270 g/mol. The summed E-state index contributed by atoms with van der Waals surface area (Å²) in [6.45, 7) is 2.12. The van der Waals surface area contributed by atoms with E-state index in [-0.39, 0.29) is 6.04 Å². The minimum Gasteiger partial charge on any atom is -0.373 e. The topological polar surface area (TPSA) is 55.6 Å². The van der Waals surface area contributed by atoms with Crippen LogP contribution in [0.5, 0.6) is 0 Å². The minimum atomic E-state index is 0.236. The van der Waals surface area contributed by atoms with Gasteiger partial charge in [0.05, 0.1) is 4.99 Å². The van der Waals surface area contributed by atoms with Gasteiger partial charge in [-0.2, -0.15) is 0 Å². The van der Waals surface area contributed by atoms with Crippen molar-refractivity contribution in [3.63, 3.8) is 0 Å². The van der Waals surface area contributed by atoms with Gasteiger partial charge in [-0.3, -0.25) is 0 Å². The predicted molar refractivity (Wildman–Crippen MR) is 82.3 cm³/mol. The van der Waals surface area contributed by atoms with Crippen molar-refractivity contribution >= 4 is 17.2 Å². The number of aryl methyl sites for hydroxylation is 2. The van der Waals surface area contributed by atoms with Crippen molar-refractivity contribution in [3.8, 4) is 0 Å². The SMILES string of the molecule is CC(NC(=S)CCCc1nnnn1C)c1ccccc1. The molecule has 0 amide bonds. The van der Waals surface area contributed by atoms with E-state index in [0.717, 1.165) is 30.1 Å². The van der Waals surface area contributed by atoms with E-state index in [1.807, 2.05) is 25.2 Å². The number of benzene rings is 1. The van der Waals surface area contributed by atoms with Gasteiger partial charge in [0, 0.05) is 19.5 Å². The second-order valence-corrected chi connectivity index (χ2v) is 5.26. The van der Waals surface area contributed by atoms with Gasteiger partial charge < -0.3 is 5.32 Å². The van der Waals surface area contributed by atoms with Crippen molar-refractivity contribution < 1.29 is 0 Å². The van der Waals surface area contributed by atoms with Crippen molar-refractivity contribution in [3.05, 3.63) is 41.7 Å². The smallest absolute Gasteiger partial charge is 0.150 e. The van der Waals surface area contributed by atoms with Crippen LogP contribution >= 0.6 is 12.2 Å². The maximum absolute atomic E-state index is 5.39. The Morgan fingerprint density at radius 2 is 2.10 bits per heavy atom. The Morgan fingerprint density at radius 3 is 2.75 bits per heavy atom. The highest BCUT2D eigenvalue weighted by Gasteiger charge is 2.07. The van der Waals surface area contributed by atoms with Gasteiger partial charge in [0.25, 0.3) is 0 Å². The molecule has 1 aromatic carbocycles. The molecule has 6 heteroatoms. The van der Waals surface area contributed by atoms with Gasteiger partial charge in [0.2, 0.25) is 0 Å². The Kier molecular flexibility index (Phi) is 5.17. The first-order chi connectivity index (χ1) is 9.66. The fourth-order valence-electron chi connectivity index (χ4n) is 2.01. The van der Waals surface area contributed by atoms with E-state index in [0.29, 0.717) is 0 Å². The molecule has 1 atom stereocenters. The number of hydrogen-bond acceptors (Lipinski definition) is 4. The van der Waals surface area contributed by atoms with Crippen LogP contribution in [0.3, 0.4) is 0 Å². The van der Waals surface area contributed by atoms with E-state index in [1.54, 1.807) is 4.68 Å². The number of aromatic nitrogens is 4. The van der Waals surface area contributed by atoms with Gasteiger partial charge in [-0.25, -0.2) is 4.68 Å². The fraction of sp³-hybridized carbons (Fsp3) is 0.429. The third-order valence-corrected chi connectivity index (χ3v) is 3.51. The van der Waals surface area contributed by atoms with Crippen molar-refractivity contribution in [2.24, 2.45) is 7.05 Å². The molecule has 0 spiro atoms. The van der Waals surface area contributed by atoms with E-state index in [9.17, 15) is 0 Å². The lowest BCUT2D eigenvalue weighted by atomic mass is 10.1. The average Bonchev–Trinajstić information content (AvgIpc) is 2.85. The zero-order valence-corrected chi connectivity index (χ0v) is 12.6. The lowest BCUT2D eigenvalue weighted by Crippen LogP contribution is -2.24. The standard InChI is InChI=1S/C14H19N5S/c1-11(12-7-4-3-5-8-12)15-14(20)10-6-9-13-16-17-18-19(13)2/h3-5,7-8,11H,6,9-10H2,1-2H3,(H,15,20). The van der Waals surface area contributed by atoms with E-state index in [1.165, 1.54) is 5.56 Å². The Morgan fingerprint density at radius 1 is 1.35 bits per heavy atom. The molecule has 1 heterocycles. The van der Waals surface area contributed by atoms with Crippen molar-refractivity contribution in [1.82, 2.24) is 25.5 Å². The summed E-state index contributed by atoms with van der Waals surface area (Å²) in [6, 6.07) is 10.5. The van der Waals surface area contributed by atoms with Crippen LogP contribution in [0, 0.1) is 0 Å². The first-order valence-electron chi connectivity index (χ1n) is 6.72. The Hall–Kier alpha value is -1.82. The average molecular weight is 289 g/mol. The number of hydrogen-bond donors (Lipinski definition) is 1. The molecule has 2 rings (SSSR count). The summed E-state index contributed by atoms with van der Waals surface area (Å²) in [6.07, 6.45) is 2.63. The molecule has 0 saturated carbocycles. The summed E-state index contributed by atoms with van der Waals surface area (Å²) in [5, 5.41) is 14.8. The predicted octanol–water partition coefficient (Wildman–Crippen LogP) is 2.21. The summed E-state index contributed by atoms with van der Waals surface area (Å²) in [5.74, 6) is 0.893. The molecule has 0 bridgehead atoms. The van der Waals surface area contributed by atoms with Crippen LogP contribution in [0.1, 0.15) is 37.2 Å². The Balaban J connectivity index is 1.74. The lowest BCUT2D eigenvalue weighted by molar-refractivity contribution is 0.657. The van der Waals surface area contributed by atoms with E-state index < -0.39 is 0 Å². The normalized spacial score (nSPS) is 12.1. The third kappa shape index (κ3) is 4.09. The molecule has 20 heavy (non-hydrogen) atoms. The molecule has 0 fully saturated rings. The molecule has 1 aromatic heterocycles. The highest BCUT2D eigenvalue weighted by Crippen LogP contribution is 2.12. The van der Waals surface area contributed by atoms with Crippen LogP contribution in [-0.2, 0) is 13.5 Å². The van der Waals surface area contributed by atoms with Gasteiger partial charge in [0.1, 0.15) is 0 Å². The summed E-state index contributed by atoms with van der Waals surface area (Å²) >= 11 is 5.39. The Labute approximate surface area is 124 Å². The number of nitrogens with zero attached hydrogens (tertiary/aromatic N) is 4. The first-order valence-corrected chi connectivity index (χ1v) is 7.13. The van der Waals surface area contributed by atoms with Crippen molar-refractivity contribution in [1.29, 1.82) is 0 Å². The monoisotopic (exact) mass is 289 g/mol. The highest BCUT2D eigenvalue weighted by atomic mass is 32.1. The molecule has 0 radical (unpaired) electrons. The van der Waals surface area contributed by atoms with Crippen molar-refractivity contribution in [2.75, 3.05) is 0 Å². The maximum Gasteiger partial charge on any atom is 0.150 e. The Bertz CT molecular complexity index is 552. The summed E-state index contributed by atoms with van der Waals surface area (Å²) < 4.78 is 1.70. The number of rotatable bonds is 6. The van der Waals surface area contributed by atoms with Crippen LogP contribution in [0.4, 0.5) is 0 Å². The van der Waals surface area contributed by atoms with Gasteiger partial charge in [0.15, 0.2) is 5.82 Å². The minimum absolute atomic E-state index is 0.236. The zero-order valence-electron chi connectivity index (χ0n) is 11.8. The lowest BCUT2D eigenvalue weighted by Gasteiger charge is -2.16. The first kappa shape index (κ1) is 14.6. The molecule has 0 saturated heterocycles. The number of tetrazole rings is 1. The quantitative estimate of drug-likeness (QED) is 0.826. The maximum atomic E-state index is 5.39. The van der Waals surface area contributed by atoms with Crippen LogP contribution in [0.15, 0.2) is 30.3 Å². The van der Waals surface area contributed by atoms with Gasteiger partial charge >= 0.3 is 0 Å². The van der Waals surface area contributed by atoms with Crippen LogP contribution < -0.4 is 5.32 Å². The molecule has 1 N–H and O–H groups in total. The molecular formula is C14H19N5S. The van der Waals surface area contributed by atoms with E-state index >= 15 is 0 Å². The van der Waals surface area contributed by atoms with E-state index in [2.05, 4.69) is 39.9 Å². The van der Waals surface area contributed by atoms with Crippen LogP contribution in [0.2, 0.25) is 0 Å². The van der Waals surface area contributed by atoms with E-state index in [4.69, 9.17) is 12.2 Å². The second kappa shape index (κ2) is 7.09. The largest absolute Gasteiger partial charge is 0.373 e. The molecule has 1 unspecified atom stereocenters. The molecule has 0 aliphatic carbocycles. The summed E-state index contributed by atoms with van der Waals surface area (Å²) in [5.41, 5.74) is 1.24.